The highest BCUT2D eigenvalue weighted by molar-refractivity contribution is 6.21. The lowest BCUT2D eigenvalue weighted by atomic mass is 10.1. The minimum atomic E-state index is -5.08. The van der Waals surface area contributed by atoms with Gasteiger partial charge in [0.1, 0.15) is 5.83 Å². The maximum absolute atomic E-state index is 14.2. The molecule has 146 valence electrons. The zero-order chi connectivity index (χ0) is 20.2. The summed E-state index contributed by atoms with van der Waals surface area (Å²) >= 11 is 0. The zero-order valence-corrected chi connectivity index (χ0v) is 14.0. The van der Waals surface area contributed by atoms with Gasteiger partial charge in [-0.3, -0.25) is 14.5 Å². The Labute approximate surface area is 151 Å². The molecule has 0 bridgehead atoms. The van der Waals surface area contributed by atoms with Gasteiger partial charge in [-0.15, -0.1) is 0 Å². The molecule has 1 saturated heterocycles. The molecular weight excluding hydrogens is 372 g/mol. The van der Waals surface area contributed by atoms with Gasteiger partial charge in [0, 0.05) is 6.54 Å². The lowest BCUT2D eigenvalue weighted by Gasteiger charge is -2.19. The van der Waals surface area contributed by atoms with Gasteiger partial charge >= 0.3 is 12.1 Å². The first-order valence-electron chi connectivity index (χ1n) is 7.95. The Morgan fingerprint density at radius 1 is 1.15 bits per heavy atom. The lowest BCUT2D eigenvalue weighted by Crippen LogP contribution is -2.32. The van der Waals surface area contributed by atoms with Crippen molar-refractivity contribution in [3.05, 3.63) is 46.8 Å². The van der Waals surface area contributed by atoms with Crippen LogP contribution in [0.4, 0.5) is 17.6 Å². The molecule has 10 heteroatoms. The van der Waals surface area contributed by atoms with E-state index in [2.05, 4.69) is 5.32 Å². The average molecular weight is 388 g/mol. The van der Waals surface area contributed by atoms with E-state index in [-0.39, 0.29) is 12.4 Å². The van der Waals surface area contributed by atoms with Crippen molar-refractivity contribution in [3.8, 4) is 0 Å². The number of benzene rings is 1. The van der Waals surface area contributed by atoms with Crippen molar-refractivity contribution in [1.82, 2.24) is 10.2 Å². The Balaban J connectivity index is 0.000000321. The van der Waals surface area contributed by atoms with Crippen LogP contribution in [0, 0.1) is 0 Å². The SMILES string of the molecule is O=C(O)C(F)(F)F.O=C1c2ccccc2C(=O)N1C/C(F)=C1/CCCNC1. The van der Waals surface area contributed by atoms with Crippen LogP contribution in [0.5, 0.6) is 0 Å². The van der Waals surface area contributed by atoms with E-state index in [0.29, 0.717) is 29.7 Å². The van der Waals surface area contributed by atoms with E-state index in [1.165, 1.54) is 0 Å². The molecule has 0 aliphatic carbocycles. The largest absolute Gasteiger partial charge is 0.490 e. The first-order chi connectivity index (χ1) is 12.6. The van der Waals surface area contributed by atoms with E-state index >= 15 is 0 Å². The van der Waals surface area contributed by atoms with Crippen LogP contribution in [0.3, 0.4) is 0 Å². The van der Waals surface area contributed by atoms with Crippen LogP contribution < -0.4 is 5.32 Å². The van der Waals surface area contributed by atoms with Crippen molar-refractivity contribution in [2.75, 3.05) is 19.6 Å². The molecule has 3 rings (SSSR count). The number of piperidine rings is 1. The van der Waals surface area contributed by atoms with Crippen LogP contribution >= 0.6 is 0 Å². The highest BCUT2D eigenvalue weighted by Gasteiger charge is 2.38. The van der Waals surface area contributed by atoms with Gasteiger partial charge in [0.25, 0.3) is 11.8 Å². The Morgan fingerprint density at radius 2 is 1.67 bits per heavy atom. The summed E-state index contributed by atoms with van der Waals surface area (Å²) < 4.78 is 45.9. The van der Waals surface area contributed by atoms with Gasteiger partial charge in [-0.25, -0.2) is 9.18 Å². The number of amides is 2. The minimum Gasteiger partial charge on any atom is -0.475 e. The molecule has 1 aromatic carbocycles. The number of nitrogens with zero attached hydrogens (tertiary/aromatic N) is 1. The summed E-state index contributed by atoms with van der Waals surface area (Å²) in [6.07, 6.45) is -3.52. The van der Waals surface area contributed by atoms with Crippen LogP contribution in [0.1, 0.15) is 33.6 Å². The van der Waals surface area contributed by atoms with Gasteiger partial charge < -0.3 is 10.4 Å². The third kappa shape index (κ3) is 4.91. The van der Waals surface area contributed by atoms with Crippen LogP contribution in [0.15, 0.2) is 35.7 Å². The van der Waals surface area contributed by atoms with Gasteiger partial charge in [-0.1, -0.05) is 12.1 Å². The van der Waals surface area contributed by atoms with Crippen molar-refractivity contribution in [2.24, 2.45) is 0 Å². The maximum atomic E-state index is 14.2. The fourth-order valence-electron chi connectivity index (χ4n) is 2.62. The van der Waals surface area contributed by atoms with Gasteiger partial charge in [0.2, 0.25) is 0 Å². The van der Waals surface area contributed by atoms with E-state index in [4.69, 9.17) is 9.90 Å². The molecule has 0 saturated carbocycles. The van der Waals surface area contributed by atoms with Crippen molar-refractivity contribution in [3.63, 3.8) is 0 Å². The molecule has 2 aliphatic heterocycles. The predicted molar refractivity (Wildman–Crippen MR) is 85.7 cm³/mol. The second kappa shape index (κ2) is 8.30. The van der Waals surface area contributed by atoms with Crippen molar-refractivity contribution >= 4 is 17.8 Å². The Kier molecular flexibility index (Phi) is 6.32. The summed E-state index contributed by atoms with van der Waals surface area (Å²) in [6.45, 7) is 1.11. The first-order valence-corrected chi connectivity index (χ1v) is 7.95. The van der Waals surface area contributed by atoms with Gasteiger partial charge in [0.05, 0.1) is 17.7 Å². The summed E-state index contributed by atoms with van der Waals surface area (Å²) in [4.78, 5) is 34.1. The van der Waals surface area contributed by atoms with Gasteiger partial charge in [-0.05, 0) is 37.1 Å². The number of carbonyl (C=O) groups is 3. The second-order valence-electron chi connectivity index (χ2n) is 5.83. The monoisotopic (exact) mass is 388 g/mol. The number of aliphatic carboxylic acids is 1. The second-order valence-corrected chi connectivity index (χ2v) is 5.83. The Hall–Kier alpha value is -2.75. The van der Waals surface area contributed by atoms with Crippen LogP contribution in [-0.4, -0.2) is 53.6 Å². The number of nitrogens with one attached hydrogen (secondary N) is 1. The van der Waals surface area contributed by atoms with Crippen LogP contribution in [0.25, 0.3) is 0 Å². The number of hydrogen-bond acceptors (Lipinski definition) is 4. The maximum Gasteiger partial charge on any atom is 0.490 e. The number of hydrogen-bond donors (Lipinski definition) is 2. The normalized spacial score (nSPS) is 18.6. The third-order valence-corrected chi connectivity index (χ3v) is 3.97. The number of imide groups is 1. The Bertz CT molecular complexity index is 746. The summed E-state index contributed by atoms with van der Waals surface area (Å²) in [6, 6.07) is 6.60. The van der Waals surface area contributed by atoms with E-state index in [1.54, 1.807) is 24.3 Å². The highest BCUT2D eigenvalue weighted by atomic mass is 19.4. The molecule has 0 unspecified atom stereocenters. The number of carbonyl (C=O) groups excluding carboxylic acids is 2. The minimum absolute atomic E-state index is 0.261. The van der Waals surface area contributed by atoms with E-state index in [0.717, 1.165) is 17.9 Å². The molecule has 1 aromatic rings. The molecule has 2 heterocycles. The van der Waals surface area contributed by atoms with Crippen molar-refractivity contribution < 1.29 is 37.1 Å². The summed E-state index contributed by atoms with van der Waals surface area (Å²) in [5, 5.41) is 10.2. The van der Waals surface area contributed by atoms with Crippen molar-refractivity contribution in [1.29, 1.82) is 0 Å². The summed E-state index contributed by atoms with van der Waals surface area (Å²) in [5.74, 6) is -3.95. The van der Waals surface area contributed by atoms with Crippen molar-refractivity contribution in [2.45, 2.75) is 19.0 Å². The molecule has 6 nitrogen and oxygen atoms in total. The third-order valence-electron chi connectivity index (χ3n) is 3.97. The lowest BCUT2D eigenvalue weighted by molar-refractivity contribution is -0.192. The number of rotatable bonds is 2. The van der Waals surface area contributed by atoms with Gasteiger partial charge in [-0.2, -0.15) is 13.2 Å². The topological polar surface area (TPSA) is 86.7 Å². The van der Waals surface area contributed by atoms with E-state index in [9.17, 15) is 27.2 Å². The fourth-order valence-corrected chi connectivity index (χ4v) is 2.62. The van der Waals surface area contributed by atoms with Crippen LogP contribution in [-0.2, 0) is 4.79 Å². The molecule has 1 fully saturated rings. The quantitative estimate of drug-likeness (QED) is 0.601. The summed E-state index contributed by atoms with van der Waals surface area (Å²) in [7, 11) is 0. The zero-order valence-electron chi connectivity index (χ0n) is 14.0. The molecule has 2 N–H and O–H groups in total. The molecule has 0 aromatic heterocycles. The molecule has 27 heavy (non-hydrogen) atoms. The molecule has 2 amide bonds. The fraction of sp³-hybridized carbons (Fsp3) is 0.353. The molecule has 2 aliphatic rings. The molecule has 0 atom stereocenters. The first kappa shape index (κ1) is 20.6. The number of fused-ring (bicyclic) bond motifs is 1. The summed E-state index contributed by atoms with van der Waals surface area (Å²) in [5.41, 5.74) is 1.38. The number of carboxylic acids is 1. The highest BCUT2D eigenvalue weighted by Crippen LogP contribution is 2.25. The van der Waals surface area contributed by atoms with E-state index in [1.807, 2.05) is 0 Å². The molecule has 0 radical (unpaired) electrons. The standard InChI is InChI=1S/C15H15FN2O2.C2HF3O2/c16-13(10-4-3-7-17-8-10)9-18-14(19)11-5-1-2-6-12(11)15(18)20;3-2(4,5)1(6)7/h1-2,5-6,17H,3-4,7-9H2;(H,6,7)/b13-10+;. The van der Waals surface area contributed by atoms with Gasteiger partial charge in [0.15, 0.2) is 0 Å². The number of alkyl halides is 3. The smallest absolute Gasteiger partial charge is 0.475 e. The molecular formula is C17H16F4N2O4. The molecule has 0 spiro atoms. The Morgan fingerprint density at radius 3 is 2.07 bits per heavy atom. The average Bonchev–Trinajstić information content (AvgIpc) is 2.87. The van der Waals surface area contributed by atoms with Crippen LogP contribution in [0.2, 0.25) is 0 Å². The number of halogens is 4. The van der Waals surface area contributed by atoms with E-state index < -0.39 is 24.0 Å². The number of carboxylic acid groups (broad SMARTS) is 1. The predicted octanol–water partition coefficient (Wildman–Crippen LogP) is 2.52.